The highest BCUT2D eigenvalue weighted by molar-refractivity contribution is 5.92. The summed E-state index contributed by atoms with van der Waals surface area (Å²) in [5, 5.41) is 5.55. The van der Waals surface area contributed by atoms with E-state index in [1.165, 1.54) is 0 Å². The van der Waals surface area contributed by atoms with Gasteiger partial charge >= 0.3 is 6.09 Å². The Labute approximate surface area is 142 Å². The van der Waals surface area contributed by atoms with E-state index in [0.29, 0.717) is 30.3 Å². The van der Waals surface area contributed by atoms with Gasteiger partial charge in [-0.2, -0.15) is 0 Å². The topological polar surface area (TPSA) is 107 Å². The predicted molar refractivity (Wildman–Crippen MR) is 93.9 cm³/mol. The minimum absolute atomic E-state index is 0.230. The number of amides is 1. The molecule has 24 heavy (non-hydrogen) atoms. The number of benzene rings is 1. The van der Waals surface area contributed by atoms with E-state index >= 15 is 0 Å². The van der Waals surface area contributed by atoms with Crippen molar-refractivity contribution < 1.29 is 19.0 Å². The van der Waals surface area contributed by atoms with E-state index in [4.69, 9.17) is 19.9 Å². The fourth-order valence-electron chi connectivity index (χ4n) is 1.75. The van der Waals surface area contributed by atoms with Crippen molar-refractivity contribution in [2.45, 2.75) is 26.4 Å². The van der Waals surface area contributed by atoms with Gasteiger partial charge in [-0.1, -0.05) is 0 Å². The maximum absolute atomic E-state index is 11.5. The molecule has 1 amide bonds. The zero-order chi connectivity index (χ0) is 18.2. The first-order valence-electron chi connectivity index (χ1n) is 7.51. The zero-order valence-corrected chi connectivity index (χ0v) is 14.8. The van der Waals surface area contributed by atoms with Crippen LogP contribution in [0, 0.1) is 0 Å². The minimum Gasteiger partial charge on any atom is -0.493 e. The molecule has 8 heteroatoms. The molecule has 134 valence electrons. The lowest BCUT2D eigenvalue weighted by Crippen LogP contribution is -2.34. The molecule has 0 aliphatic carbocycles. The molecule has 1 aromatic carbocycles. The Morgan fingerprint density at radius 1 is 1.21 bits per heavy atom. The molecule has 0 fully saturated rings. The van der Waals surface area contributed by atoms with Crippen LogP contribution in [0.3, 0.4) is 0 Å². The molecule has 1 aromatic rings. The Balaban J connectivity index is 2.46. The molecule has 4 N–H and O–H groups in total. The Morgan fingerprint density at radius 2 is 1.88 bits per heavy atom. The second kappa shape index (κ2) is 8.85. The third-order valence-electron chi connectivity index (χ3n) is 2.72. The first kappa shape index (κ1) is 19.4. The van der Waals surface area contributed by atoms with Gasteiger partial charge in [0.05, 0.1) is 20.8 Å². The summed E-state index contributed by atoms with van der Waals surface area (Å²) < 4.78 is 15.5. The summed E-state index contributed by atoms with van der Waals surface area (Å²) in [6.07, 6.45) is -0.482. The average Bonchev–Trinajstić information content (AvgIpc) is 2.49. The molecule has 0 aliphatic rings. The van der Waals surface area contributed by atoms with Gasteiger partial charge in [0.25, 0.3) is 0 Å². The third-order valence-corrected chi connectivity index (χ3v) is 2.72. The van der Waals surface area contributed by atoms with Gasteiger partial charge in [-0.3, -0.25) is 4.99 Å². The summed E-state index contributed by atoms with van der Waals surface area (Å²) in [5.41, 5.74) is 6.00. The summed E-state index contributed by atoms with van der Waals surface area (Å²) in [7, 11) is 3.12. The monoisotopic (exact) mass is 338 g/mol. The normalized spacial score (nSPS) is 11.6. The van der Waals surface area contributed by atoms with Crippen molar-refractivity contribution in [3.63, 3.8) is 0 Å². The Morgan fingerprint density at radius 3 is 2.46 bits per heavy atom. The van der Waals surface area contributed by atoms with E-state index in [9.17, 15) is 4.79 Å². The molecule has 0 unspecified atom stereocenters. The maximum Gasteiger partial charge on any atom is 0.407 e. The molecule has 0 radical (unpaired) electrons. The average molecular weight is 338 g/mol. The number of nitrogens with zero attached hydrogens (tertiary/aromatic N) is 1. The predicted octanol–water partition coefficient (Wildman–Crippen LogP) is 1.96. The summed E-state index contributed by atoms with van der Waals surface area (Å²) in [6, 6.07) is 5.31. The highest BCUT2D eigenvalue weighted by atomic mass is 16.6. The van der Waals surface area contributed by atoms with Crippen molar-refractivity contribution in [1.29, 1.82) is 0 Å². The van der Waals surface area contributed by atoms with Gasteiger partial charge in [0.1, 0.15) is 5.60 Å². The van der Waals surface area contributed by atoms with Crippen LogP contribution < -0.4 is 25.8 Å². The number of rotatable bonds is 6. The van der Waals surface area contributed by atoms with E-state index in [1.807, 2.05) is 0 Å². The number of alkyl carbamates (subject to hydrolysis) is 1. The molecular formula is C16H26N4O4. The SMILES string of the molecule is COc1ccc(NC(N)=NCCNC(=O)OC(C)(C)C)cc1OC. The van der Waals surface area contributed by atoms with Gasteiger partial charge in [-0.05, 0) is 32.9 Å². The number of nitrogens with two attached hydrogens (primary N) is 1. The second-order valence-electron chi connectivity index (χ2n) is 5.89. The smallest absolute Gasteiger partial charge is 0.407 e. The van der Waals surface area contributed by atoms with Crippen molar-refractivity contribution in [2.75, 3.05) is 32.6 Å². The zero-order valence-electron chi connectivity index (χ0n) is 14.8. The molecular weight excluding hydrogens is 312 g/mol. The first-order valence-corrected chi connectivity index (χ1v) is 7.51. The van der Waals surface area contributed by atoms with Crippen LogP contribution in [-0.4, -0.2) is 45.0 Å². The summed E-state index contributed by atoms with van der Waals surface area (Å²) in [5.74, 6) is 1.44. The minimum atomic E-state index is -0.526. The number of aliphatic imine (C=N–C) groups is 1. The van der Waals surface area contributed by atoms with Crippen molar-refractivity contribution in [1.82, 2.24) is 5.32 Å². The standard InChI is InChI=1S/C16H26N4O4/c1-16(2,3)24-15(21)19-9-8-18-14(17)20-11-6-7-12(22-4)13(10-11)23-5/h6-7,10H,8-9H2,1-5H3,(H,19,21)(H3,17,18,20). The van der Waals surface area contributed by atoms with E-state index in [-0.39, 0.29) is 5.96 Å². The molecule has 8 nitrogen and oxygen atoms in total. The van der Waals surface area contributed by atoms with Crippen molar-refractivity contribution in [2.24, 2.45) is 10.7 Å². The van der Waals surface area contributed by atoms with Crippen molar-refractivity contribution in [3.8, 4) is 11.5 Å². The highest BCUT2D eigenvalue weighted by Crippen LogP contribution is 2.29. The maximum atomic E-state index is 11.5. The molecule has 0 bridgehead atoms. The molecule has 0 heterocycles. The Bertz CT molecular complexity index is 582. The number of ether oxygens (including phenoxy) is 3. The Hall–Kier alpha value is -2.64. The number of carbonyl (C=O) groups excluding carboxylic acids is 1. The van der Waals surface area contributed by atoms with E-state index in [1.54, 1.807) is 53.2 Å². The van der Waals surface area contributed by atoms with Crippen LogP contribution in [0.25, 0.3) is 0 Å². The van der Waals surface area contributed by atoms with Crippen LogP contribution in [0.4, 0.5) is 10.5 Å². The highest BCUT2D eigenvalue weighted by Gasteiger charge is 2.15. The molecule has 0 aromatic heterocycles. The fourth-order valence-corrected chi connectivity index (χ4v) is 1.75. The number of guanidine groups is 1. The molecule has 1 rings (SSSR count). The van der Waals surface area contributed by atoms with Gasteiger partial charge in [0, 0.05) is 18.3 Å². The molecule has 0 atom stereocenters. The molecule has 0 saturated heterocycles. The molecule has 0 spiro atoms. The van der Waals surface area contributed by atoms with Gasteiger partial charge in [0.2, 0.25) is 0 Å². The third kappa shape index (κ3) is 7.08. The summed E-state index contributed by atoms with van der Waals surface area (Å²) in [6.45, 7) is 6.05. The summed E-state index contributed by atoms with van der Waals surface area (Å²) in [4.78, 5) is 15.6. The number of hydrogen-bond acceptors (Lipinski definition) is 5. The number of hydrogen-bond donors (Lipinski definition) is 3. The lowest BCUT2D eigenvalue weighted by atomic mass is 10.2. The number of methoxy groups -OCH3 is 2. The largest absolute Gasteiger partial charge is 0.493 e. The van der Waals surface area contributed by atoms with Gasteiger partial charge in [-0.25, -0.2) is 4.79 Å². The van der Waals surface area contributed by atoms with E-state index < -0.39 is 11.7 Å². The van der Waals surface area contributed by atoms with Gasteiger partial charge in [-0.15, -0.1) is 0 Å². The van der Waals surface area contributed by atoms with Gasteiger partial charge in [0.15, 0.2) is 17.5 Å². The number of nitrogens with one attached hydrogen (secondary N) is 2. The number of carbonyl (C=O) groups is 1. The van der Waals surface area contributed by atoms with Crippen LogP contribution in [0.15, 0.2) is 23.2 Å². The van der Waals surface area contributed by atoms with Crippen LogP contribution in [-0.2, 0) is 4.74 Å². The first-order chi connectivity index (χ1) is 11.2. The van der Waals surface area contributed by atoms with Gasteiger partial charge < -0.3 is 30.6 Å². The van der Waals surface area contributed by atoms with E-state index in [0.717, 1.165) is 0 Å². The second-order valence-corrected chi connectivity index (χ2v) is 5.89. The van der Waals surface area contributed by atoms with Crippen molar-refractivity contribution >= 4 is 17.7 Å². The van der Waals surface area contributed by atoms with Crippen LogP contribution in [0.5, 0.6) is 11.5 Å². The van der Waals surface area contributed by atoms with Crippen LogP contribution in [0.1, 0.15) is 20.8 Å². The quantitative estimate of drug-likeness (QED) is 0.416. The lowest BCUT2D eigenvalue weighted by molar-refractivity contribution is 0.0529. The Kier molecular flexibility index (Phi) is 7.16. The summed E-state index contributed by atoms with van der Waals surface area (Å²) >= 11 is 0. The van der Waals surface area contributed by atoms with Crippen LogP contribution in [0.2, 0.25) is 0 Å². The fraction of sp³-hybridized carbons (Fsp3) is 0.500. The molecule has 0 aliphatic heterocycles. The lowest BCUT2D eigenvalue weighted by Gasteiger charge is -2.19. The van der Waals surface area contributed by atoms with Crippen molar-refractivity contribution in [3.05, 3.63) is 18.2 Å². The van der Waals surface area contributed by atoms with E-state index in [2.05, 4.69) is 15.6 Å². The number of anilines is 1. The van der Waals surface area contributed by atoms with Crippen LogP contribution >= 0.6 is 0 Å². The molecule has 0 saturated carbocycles.